The number of piperidine rings is 1. The van der Waals surface area contributed by atoms with E-state index in [-0.39, 0.29) is 0 Å². The Morgan fingerprint density at radius 3 is 2.60 bits per heavy atom. The molecule has 2 heteroatoms. The summed E-state index contributed by atoms with van der Waals surface area (Å²) < 4.78 is 0. The van der Waals surface area contributed by atoms with E-state index in [2.05, 4.69) is 24.1 Å². The van der Waals surface area contributed by atoms with Crippen molar-refractivity contribution in [3.8, 4) is 0 Å². The molecule has 0 aliphatic carbocycles. The van der Waals surface area contributed by atoms with Crippen molar-refractivity contribution in [2.75, 3.05) is 32.7 Å². The van der Waals surface area contributed by atoms with E-state index in [1.165, 1.54) is 58.4 Å². The van der Waals surface area contributed by atoms with Gasteiger partial charge in [-0.2, -0.15) is 0 Å². The van der Waals surface area contributed by atoms with E-state index in [9.17, 15) is 0 Å². The third kappa shape index (κ3) is 2.73. The lowest BCUT2D eigenvalue weighted by Crippen LogP contribution is -2.43. The molecule has 1 atom stereocenters. The van der Waals surface area contributed by atoms with Gasteiger partial charge in [0.15, 0.2) is 0 Å². The van der Waals surface area contributed by atoms with Crippen LogP contribution in [0.2, 0.25) is 0 Å². The fourth-order valence-electron chi connectivity index (χ4n) is 3.22. The molecular formula is C13H26N2. The van der Waals surface area contributed by atoms with Gasteiger partial charge in [0, 0.05) is 13.1 Å². The predicted octanol–water partition coefficient (Wildman–Crippen LogP) is 2.11. The second kappa shape index (κ2) is 4.84. The van der Waals surface area contributed by atoms with Crippen LogP contribution in [0.3, 0.4) is 0 Å². The molecule has 2 rings (SSSR count). The van der Waals surface area contributed by atoms with Crippen LogP contribution < -0.4 is 5.32 Å². The van der Waals surface area contributed by atoms with Crippen LogP contribution in [0, 0.1) is 11.3 Å². The Labute approximate surface area is 94.4 Å². The van der Waals surface area contributed by atoms with Gasteiger partial charge in [-0.25, -0.2) is 0 Å². The van der Waals surface area contributed by atoms with Crippen LogP contribution >= 0.6 is 0 Å². The third-order valence-electron chi connectivity index (χ3n) is 4.48. The van der Waals surface area contributed by atoms with Crippen LogP contribution in [-0.2, 0) is 0 Å². The average Bonchev–Trinajstić information content (AvgIpc) is 2.65. The van der Waals surface area contributed by atoms with Gasteiger partial charge >= 0.3 is 0 Å². The average molecular weight is 210 g/mol. The van der Waals surface area contributed by atoms with Crippen molar-refractivity contribution < 1.29 is 0 Å². The lowest BCUT2D eigenvalue weighted by Gasteiger charge is -2.40. The van der Waals surface area contributed by atoms with E-state index < -0.39 is 0 Å². The Balaban J connectivity index is 1.89. The van der Waals surface area contributed by atoms with Gasteiger partial charge < -0.3 is 10.2 Å². The maximum atomic E-state index is 3.49. The summed E-state index contributed by atoms with van der Waals surface area (Å²) in [6, 6.07) is 0. The molecule has 2 saturated heterocycles. The van der Waals surface area contributed by atoms with Gasteiger partial charge in [0.2, 0.25) is 0 Å². The molecule has 0 aromatic carbocycles. The molecule has 0 bridgehead atoms. The topological polar surface area (TPSA) is 15.3 Å². The summed E-state index contributed by atoms with van der Waals surface area (Å²) in [7, 11) is 0. The lowest BCUT2D eigenvalue weighted by atomic mass is 9.76. The minimum atomic E-state index is 0.634. The van der Waals surface area contributed by atoms with E-state index in [1.54, 1.807) is 0 Å². The Hall–Kier alpha value is -0.0800. The number of nitrogens with one attached hydrogen (secondary N) is 1. The zero-order valence-electron chi connectivity index (χ0n) is 10.4. The van der Waals surface area contributed by atoms with Gasteiger partial charge in [0.25, 0.3) is 0 Å². The highest BCUT2D eigenvalue weighted by Crippen LogP contribution is 2.34. The molecule has 2 heterocycles. The van der Waals surface area contributed by atoms with Crippen molar-refractivity contribution >= 4 is 0 Å². The number of likely N-dealkylation sites (tertiary alicyclic amines) is 1. The monoisotopic (exact) mass is 210 g/mol. The molecule has 0 aromatic rings. The smallest absolute Gasteiger partial charge is 0.00389 e. The first-order valence-corrected chi connectivity index (χ1v) is 6.67. The van der Waals surface area contributed by atoms with Crippen LogP contribution in [0.4, 0.5) is 0 Å². The maximum Gasteiger partial charge on any atom is 0.00389 e. The molecule has 2 nitrogen and oxygen atoms in total. The number of nitrogens with zero attached hydrogens (tertiary/aromatic N) is 1. The summed E-state index contributed by atoms with van der Waals surface area (Å²) in [4.78, 5) is 2.71. The SMILES string of the molecule is CCC1(CN2CCC(C)C2)CCNCC1. The number of hydrogen-bond acceptors (Lipinski definition) is 2. The van der Waals surface area contributed by atoms with E-state index in [1.807, 2.05) is 0 Å². The van der Waals surface area contributed by atoms with E-state index in [4.69, 9.17) is 0 Å². The van der Waals surface area contributed by atoms with Crippen LogP contribution in [0.1, 0.15) is 39.5 Å². The highest BCUT2D eigenvalue weighted by atomic mass is 15.2. The largest absolute Gasteiger partial charge is 0.317 e. The van der Waals surface area contributed by atoms with Gasteiger partial charge in [-0.1, -0.05) is 13.8 Å². The number of rotatable bonds is 3. The zero-order chi connectivity index (χ0) is 10.7. The summed E-state index contributed by atoms with van der Waals surface area (Å²) >= 11 is 0. The highest BCUT2D eigenvalue weighted by Gasteiger charge is 2.33. The van der Waals surface area contributed by atoms with Crippen LogP contribution in [0.5, 0.6) is 0 Å². The molecule has 15 heavy (non-hydrogen) atoms. The van der Waals surface area contributed by atoms with Crippen molar-refractivity contribution in [2.24, 2.45) is 11.3 Å². The Bertz CT molecular complexity index is 197. The molecule has 0 saturated carbocycles. The summed E-state index contributed by atoms with van der Waals surface area (Å²) in [6.07, 6.45) is 5.54. The summed E-state index contributed by atoms with van der Waals surface area (Å²) in [5.41, 5.74) is 0.634. The highest BCUT2D eigenvalue weighted by molar-refractivity contribution is 4.88. The molecule has 2 aliphatic rings. The predicted molar refractivity (Wildman–Crippen MR) is 65.0 cm³/mol. The van der Waals surface area contributed by atoms with Crippen LogP contribution in [-0.4, -0.2) is 37.6 Å². The molecule has 1 N–H and O–H groups in total. The van der Waals surface area contributed by atoms with Gasteiger partial charge in [-0.15, -0.1) is 0 Å². The quantitative estimate of drug-likeness (QED) is 0.767. The van der Waals surface area contributed by atoms with E-state index in [0.29, 0.717) is 5.41 Å². The zero-order valence-corrected chi connectivity index (χ0v) is 10.4. The molecule has 0 aromatic heterocycles. The molecule has 88 valence electrons. The fourth-order valence-corrected chi connectivity index (χ4v) is 3.22. The Morgan fingerprint density at radius 2 is 2.07 bits per heavy atom. The minimum Gasteiger partial charge on any atom is -0.317 e. The molecule has 1 unspecified atom stereocenters. The fraction of sp³-hybridized carbons (Fsp3) is 1.00. The van der Waals surface area contributed by atoms with E-state index in [0.717, 1.165) is 5.92 Å². The standard InChI is InChI=1S/C13H26N2/c1-3-13(5-7-14-8-6-13)11-15-9-4-12(2)10-15/h12,14H,3-11H2,1-2H3. The maximum absolute atomic E-state index is 3.49. The summed E-state index contributed by atoms with van der Waals surface area (Å²) in [5, 5.41) is 3.49. The first kappa shape index (κ1) is 11.4. The van der Waals surface area contributed by atoms with Gasteiger partial charge in [-0.3, -0.25) is 0 Å². The molecule has 0 spiro atoms. The first-order chi connectivity index (χ1) is 7.24. The molecule has 0 amide bonds. The summed E-state index contributed by atoms with van der Waals surface area (Å²) in [5.74, 6) is 0.931. The van der Waals surface area contributed by atoms with Crippen molar-refractivity contribution in [1.82, 2.24) is 10.2 Å². The third-order valence-corrected chi connectivity index (χ3v) is 4.48. The van der Waals surface area contributed by atoms with Gasteiger partial charge in [0.05, 0.1) is 0 Å². The first-order valence-electron chi connectivity index (χ1n) is 6.67. The van der Waals surface area contributed by atoms with E-state index >= 15 is 0 Å². The normalized spacial score (nSPS) is 32.0. The van der Waals surface area contributed by atoms with Crippen molar-refractivity contribution in [3.05, 3.63) is 0 Å². The van der Waals surface area contributed by atoms with Crippen LogP contribution in [0.15, 0.2) is 0 Å². The Morgan fingerprint density at radius 1 is 1.33 bits per heavy atom. The lowest BCUT2D eigenvalue weighted by molar-refractivity contribution is 0.120. The summed E-state index contributed by atoms with van der Waals surface area (Å²) in [6.45, 7) is 11.3. The molecule has 2 fully saturated rings. The molecular weight excluding hydrogens is 184 g/mol. The molecule has 2 aliphatic heterocycles. The van der Waals surface area contributed by atoms with Crippen molar-refractivity contribution in [1.29, 1.82) is 0 Å². The van der Waals surface area contributed by atoms with Crippen LogP contribution in [0.25, 0.3) is 0 Å². The minimum absolute atomic E-state index is 0.634. The van der Waals surface area contributed by atoms with Crippen molar-refractivity contribution in [2.45, 2.75) is 39.5 Å². The van der Waals surface area contributed by atoms with Gasteiger partial charge in [-0.05, 0) is 56.7 Å². The second-order valence-electron chi connectivity index (χ2n) is 5.73. The van der Waals surface area contributed by atoms with Crippen molar-refractivity contribution in [3.63, 3.8) is 0 Å². The molecule has 0 radical (unpaired) electrons. The van der Waals surface area contributed by atoms with Gasteiger partial charge in [0.1, 0.15) is 0 Å². The second-order valence-corrected chi connectivity index (χ2v) is 5.73. The Kier molecular flexibility index (Phi) is 3.68. The number of hydrogen-bond donors (Lipinski definition) is 1.